The average molecular weight is 260 g/mol. The summed E-state index contributed by atoms with van der Waals surface area (Å²) in [7, 11) is 0. The molecule has 0 nitrogen and oxygen atoms in total. The van der Waals surface area contributed by atoms with Crippen molar-refractivity contribution in [3.05, 3.63) is 47.5 Å². The van der Waals surface area contributed by atoms with E-state index in [0.717, 1.165) is 0 Å². The third-order valence-electron chi connectivity index (χ3n) is 4.20. The molecular formula is C17H18F2. The lowest BCUT2D eigenvalue weighted by molar-refractivity contribution is -0.0381. The molecule has 0 radical (unpaired) electrons. The lowest BCUT2D eigenvalue weighted by Crippen LogP contribution is -2.23. The SMILES string of the molecule is Cc1cc(C2CCC(F)(F)CC2)c2ccccc2c1. The highest BCUT2D eigenvalue weighted by Gasteiger charge is 2.35. The van der Waals surface area contributed by atoms with Crippen LogP contribution in [0.2, 0.25) is 0 Å². The van der Waals surface area contributed by atoms with E-state index in [2.05, 4.69) is 31.2 Å². The van der Waals surface area contributed by atoms with Crippen LogP contribution in [0.25, 0.3) is 10.8 Å². The van der Waals surface area contributed by atoms with Gasteiger partial charge in [-0.2, -0.15) is 0 Å². The Hall–Kier alpha value is -1.44. The van der Waals surface area contributed by atoms with Crippen LogP contribution < -0.4 is 0 Å². The fraction of sp³-hybridized carbons (Fsp3) is 0.412. The number of halogens is 2. The molecule has 100 valence electrons. The molecule has 2 aromatic carbocycles. The van der Waals surface area contributed by atoms with Crippen LogP contribution in [0.3, 0.4) is 0 Å². The van der Waals surface area contributed by atoms with Crippen LogP contribution in [0.4, 0.5) is 8.78 Å². The maximum absolute atomic E-state index is 13.3. The molecular weight excluding hydrogens is 242 g/mol. The summed E-state index contributed by atoms with van der Waals surface area (Å²) in [5.41, 5.74) is 2.47. The highest BCUT2D eigenvalue weighted by Crippen LogP contribution is 2.42. The van der Waals surface area contributed by atoms with Gasteiger partial charge in [-0.1, -0.05) is 42.0 Å². The van der Waals surface area contributed by atoms with E-state index in [-0.39, 0.29) is 18.8 Å². The van der Waals surface area contributed by atoms with E-state index in [1.807, 2.05) is 12.1 Å². The van der Waals surface area contributed by atoms with Gasteiger partial charge in [0.05, 0.1) is 0 Å². The Morgan fingerprint density at radius 2 is 1.74 bits per heavy atom. The molecule has 0 spiro atoms. The van der Waals surface area contributed by atoms with E-state index in [1.165, 1.54) is 21.9 Å². The maximum Gasteiger partial charge on any atom is 0.248 e. The molecule has 0 aromatic heterocycles. The van der Waals surface area contributed by atoms with Crippen molar-refractivity contribution in [3.8, 4) is 0 Å². The van der Waals surface area contributed by atoms with Gasteiger partial charge in [0.2, 0.25) is 5.92 Å². The van der Waals surface area contributed by atoms with Crippen LogP contribution in [0, 0.1) is 6.92 Å². The van der Waals surface area contributed by atoms with Crippen LogP contribution in [-0.4, -0.2) is 5.92 Å². The van der Waals surface area contributed by atoms with Crippen LogP contribution in [0.1, 0.15) is 42.7 Å². The second-order valence-electron chi connectivity index (χ2n) is 5.71. The van der Waals surface area contributed by atoms with Crippen LogP contribution in [-0.2, 0) is 0 Å². The van der Waals surface area contributed by atoms with E-state index >= 15 is 0 Å². The standard InChI is InChI=1S/C17H18F2/c1-12-10-14-4-2-3-5-15(14)16(11-12)13-6-8-17(18,19)9-7-13/h2-5,10-11,13H,6-9H2,1H3. The second kappa shape index (κ2) is 4.59. The second-order valence-corrected chi connectivity index (χ2v) is 5.71. The minimum atomic E-state index is -2.45. The first-order valence-electron chi connectivity index (χ1n) is 6.92. The molecule has 0 saturated heterocycles. The summed E-state index contributed by atoms with van der Waals surface area (Å²) >= 11 is 0. The Morgan fingerprint density at radius 3 is 2.47 bits per heavy atom. The van der Waals surface area contributed by atoms with Gasteiger partial charge in [0.25, 0.3) is 0 Å². The van der Waals surface area contributed by atoms with E-state index < -0.39 is 5.92 Å². The van der Waals surface area contributed by atoms with Gasteiger partial charge in [-0.3, -0.25) is 0 Å². The minimum absolute atomic E-state index is 0.0277. The van der Waals surface area contributed by atoms with Gasteiger partial charge >= 0.3 is 0 Å². The topological polar surface area (TPSA) is 0 Å². The van der Waals surface area contributed by atoms with Crippen molar-refractivity contribution in [2.45, 2.75) is 44.4 Å². The summed E-state index contributed by atoms with van der Waals surface area (Å²) in [6.45, 7) is 2.08. The normalized spacial score (nSPS) is 19.7. The van der Waals surface area contributed by atoms with Crippen molar-refractivity contribution < 1.29 is 8.78 Å². The molecule has 3 rings (SSSR count). The van der Waals surface area contributed by atoms with Gasteiger partial charge < -0.3 is 0 Å². The zero-order valence-corrected chi connectivity index (χ0v) is 11.1. The van der Waals surface area contributed by atoms with Crippen LogP contribution in [0.5, 0.6) is 0 Å². The Balaban J connectivity index is 2.01. The molecule has 0 atom stereocenters. The number of rotatable bonds is 1. The first kappa shape index (κ1) is 12.6. The van der Waals surface area contributed by atoms with Crippen LogP contribution in [0.15, 0.2) is 36.4 Å². The predicted octanol–water partition coefficient (Wildman–Crippen LogP) is 5.44. The van der Waals surface area contributed by atoms with Crippen molar-refractivity contribution in [2.75, 3.05) is 0 Å². The Bertz CT molecular complexity index is 591. The molecule has 1 saturated carbocycles. The quantitative estimate of drug-likeness (QED) is 0.640. The molecule has 2 aromatic rings. The molecule has 0 unspecified atom stereocenters. The van der Waals surface area contributed by atoms with E-state index in [9.17, 15) is 8.78 Å². The molecule has 0 N–H and O–H groups in total. The highest BCUT2D eigenvalue weighted by molar-refractivity contribution is 5.87. The fourth-order valence-corrected chi connectivity index (χ4v) is 3.18. The van der Waals surface area contributed by atoms with Gasteiger partial charge in [0, 0.05) is 12.8 Å². The van der Waals surface area contributed by atoms with Crippen molar-refractivity contribution in [3.63, 3.8) is 0 Å². The summed E-state index contributed by atoms with van der Waals surface area (Å²) in [6.07, 6.45) is 1.25. The van der Waals surface area contributed by atoms with Gasteiger partial charge in [-0.25, -0.2) is 8.78 Å². The number of benzene rings is 2. The van der Waals surface area contributed by atoms with Crippen LogP contribution >= 0.6 is 0 Å². The monoisotopic (exact) mass is 260 g/mol. The predicted molar refractivity (Wildman–Crippen MR) is 74.8 cm³/mol. The average Bonchev–Trinajstić information content (AvgIpc) is 2.38. The molecule has 19 heavy (non-hydrogen) atoms. The number of alkyl halides is 2. The molecule has 1 fully saturated rings. The molecule has 0 heterocycles. The van der Waals surface area contributed by atoms with Crippen molar-refractivity contribution >= 4 is 10.8 Å². The lowest BCUT2D eigenvalue weighted by atomic mass is 9.80. The Morgan fingerprint density at radius 1 is 1.05 bits per heavy atom. The summed E-state index contributed by atoms with van der Waals surface area (Å²) in [5.74, 6) is -2.17. The largest absolute Gasteiger partial charge is 0.248 e. The number of hydrogen-bond donors (Lipinski definition) is 0. The van der Waals surface area contributed by atoms with Crippen molar-refractivity contribution in [1.29, 1.82) is 0 Å². The van der Waals surface area contributed by atoms with Gasteiger partial charge in [-0.05, 0) is 42.0 Å². The number of fused-ring (bicyclic) bond motifs is 1. The molecule has 0 amide bonds. The number of hydrogen-bond acceptors (Lipinski definition) is 0. The molecule has 0 aliphatic heterocycles. The third-order valence-corrected chi connectivity index (χ3v) is 4.20. The Labute approximate surface area is 112 Å². The van der Waals surface area contributed by atoms with Crippen molar-refractivity contribution in [2.24, 2.45) is 0 Å². The molecule has 0 bridgehead atoms. The van der Waals surface area contributed by atoms with Gasteiger partial charge in [0.15, 0.2) is 0 Å². The van der Waals surface area contributed by atoms with E-state index in [4.69, 9.17) is 0 Å². The Kier molecular flexibility index (Phi) is 3.04. The first-order chi connectivity index (χ1) is 9.05. The number of aryl methyl sites for hydroxylation is 1. The first-order valence-corrected chi connectivity index (χ1v) is 6.92. The highest BCUT2D eigenvalue weighted by atomic mass is 19.3. The third kappa shape index (κ3) is 2.49. The molecule has 1 aliphatic carbocycles. The molecule has 2 heteroatoms. The van der Waals surface area contributed by atoms with Crippen molar-refractivity contribution in [1.82, 2.24) is 0 Å². The summed E-state index contributed by atoms with van der Waals surface area (Å²) < 4.78 is 26.6. The summed E-state index contributed by atoms with van der Waals surface area (Å²) in [5, 5.41) is 2.44. The smallest absolute Gasteiger partial charge is 0.207 e. The van der Waals surface area contributed by atoms with E-state index in [0.29, 0.717) is 12.8 Å². The minimum Gasteiger partial charge on any atom is -0.207 e. The zero-order valence-electron chi connectivity index (χ0n) is 11.1. The summed E-state index contributed by atoms with van der Waals surface area (Å²) in [4.78, 5) is 0. The maximum atomic E-state index is 13.3. The van der Waals surface area contributed by atoms with E-state index in [1.54, 1.807) is 0 Å². The fourth-order valence-electron chi connectivity index (χ4n) is 3.18. The summed E-state index contributed by atoms with van der Waals surface area (Å²) in [6, 6.07) is 12.6. The lowest BCUT2D eigenvalue weighted by Gasteiger charge is -2.29. The van der Waals surface area contributed by atoms with Gasteiger partial charge in [0.1, 0.15) is 0 Å². The van der Waals surface area contributed by atoms with Gasteiger partial charge in [-0.15, -0.1) is 0 Å². The molecule has 1 aliphatic rings. The zero-order chi connectivity index (χ0) is 13.5.